The Bertz CT molecular complexity index is 1220. The van der Waals surface area contributed by atoms with E-state index >= 15 is 0 Å². The number of hydrogen-bond acceptors (Lipinski definition) is 4. The first-order chi connectivity index (χ1) is 13.8. The first-order valence-corrected chi connectivity index (χ1v) is 9.92. The smallest absolute Gasteiger partial charge is 0.201 e. The van der Waals surface area contributed by atoms with Crippen LogP contribution in [-0.2, 0) is 20.1 Å². The number of rotatable bonds is 4. The number of aryl methyl sites for hydroxylation is 3. The summed E-state index contributed by atoms with van der Waals surface area (Å²) in [4.78, 5) is 4.67. The number of benzene rings is 1. The van der Waals surface area contributed by atoms with Crippen molar-refractivity contribution in [1.82, 2.24) is 19.3 Å². The number of aromatic hydroxyl groups is 1. The van der Waals surface area contributed by atoms with Gasteiger partial charge in [0.25, 0.3) is 0 Å². The highest BCUT2D eigenvalue weighted by Crippen LogP contribution is 2.42. The van der Waals surface area contributed by atoms with Gasteiger partial charge < -0.3 is 15.4 Å². The lowest BCUT2D eigenvalue weighted by molar-refractivity contribution is 0.429. The van der Waals surface area contributed by atoms with Gasteiger partial charge in [0.15, 0.2) is 0 Å². The van der Waals surface area contributed by atoms with Crippen LogP contribution in [0.5, 0.6) is 5.88 Å². The summed E-state index contributed by atoms with van der Waals surface area (Å²) in [5.74, 6) is 0.103. The van der Waals surface area contributed by atoms with Crippen molar-refractivity contribution in [1.29, 1.82) is 0 Å². The summed E-state index contributed by atoms with van der Waals surface area (Å²) in [5.41, 5.74) is 11.8. The lowest BCUT2D eigenvalue weighted by Gasteiger charge is -2.14. The molecule has 0 atom stereocenters. The first-order valence-electron chi connectivity index (χ1n) is 9.16. The normalized spacial score (nSPS) is 11.5. The number of hydrogen-bond donors (Lipinski definition) is 2. The van der Waals surface area contributed by atoms with Crippen LogP contribution in [-0.4, -0.2) is 24.4 Å². The molecule has 6 nitrogen and oxygen atoms in total. The highest BCUT2D eigenvalue weighted by atomic mass is 35.5. The quantitative estimate of drug-likeness (QED) is 0.497. The van der Waals surface area contributed by atoms with Crippen LogP contribution in [0.4, 0.5) is 0 Å². The van der Waals surface area contributed by atoms with Gasteiger partial charge in [0.2, 0.25) is 5.88 Å². The van der Waals surface area contributed by atoms with Crippen molar-refractivity contribution in [2.75, 3.05) is 0 Å². The molecule has 0 saturated carbocycles. The third-order valence-electron chi connectivity index (χ3n) is 5.21. The molecule has 3 aromatic heterocycles. The summed E-state index contributed by atoms with van der Waals surface area (Å²) >= 11 is 12.6. The van der Waals surface area contributed by atoms with Gasteiger partial charge in [-0.05, 0) is 37.6 Å². The van der Waals surface area contributed by atoms with Crippen molar-refractivity contribution in [3.8, 4) is 17.0 Å². The molecule has 4 rings (SSSR count). The van der Waals surface area contributed by atoms with E-state index in [9.17, 15) is 5.11 Å². The zero-order valence-electron chi connectivity index (χ0n) is 16.4. The van der Waals surface area contributed by atoms with Crippen LogP contribution in [0.1, 0.15) is 22.6 Å². The van der Waals surface area contributed by atoms with Crippen LogP contribution in [0, 0.1) is 13.8 Å². The predicted octanol–water partition coefficient (Wildman–Crippen LogP) is 4.57. The summed E-state index contributed by atoms with van der Waals surface area (Å²) in [6, 6.07) is 7.29. The van der Waals surface area contributed by atoms with Crippen LogP contribution in [0.25, 0.3) is 22.0 Å². The van der Waals surface area contributed by atoms with E-state index in [4.69, 9.17) is 28.9 Å². The van der Waals surface area contributed by atoms with Gasteiger partial charge in [-0.1, -0.05) is 29.3 Å². The molecule has 0 fully saturated rings. The molecule has 0 amide bonds. The van der Waals surface area contributed by atoms with E-state index in [1.54, 1.807) is 16.7 Å². The molecule has 0 aliphatic carbocycles. The zero-order chi connectivity index (χ0) is 20.9. The Labute approximate surface area is 178 Å². The fraction of sp³-hybridized carbons (Fsp3) is 0.238. The molecule has 0 radical (unpaired) electrons. The Morgan fingerprint density at radius 2 is 1.93 bits per heavy atom. The highest BCUT2D eigenvalue weighted by Gasteiger charge is 2.22. The molecule has 0 aliphatic rings. The second-order valence-electron chi connectivity index (χ2n) is 7.12. The first kappa shape index (κ1) is 19.8. The van der Waals surface area contributed by atoms with Gasteiger partial charge in [-0.15, -0.1) is 0 Å². The third-order valence-corrected chi connectivity index (χ3v) is 5.76. The molecule has 0 saturated heterocycles. The second-order valence-corrected chi connectivity index (χ2v) is 7.96. The molecule has 3 N–H and O–H groups in total. The standard InChI is InChI=1S/C21H21Cl2N5O/c1-11-6-14(26-27(11)3)9-28-10-18-20(21(28)29)19(16(8-24)12(2)25-18)15-5-4-13(22)7-17(15)23/h4-7,10,29H,8-9,24H2,1-3H3. The molecule has 0 spiro atoms. The van der Waals surface area contributed by atoms with Gasteiger partial charge in [0.05, 0.1) is 23.1 Å². The van der Waals surface area contributed by atoms with E-state index in [2.05, 4.69) is 10.1 Å². The molecule has 3 heterocycles. The van der Waals surface area contributed by atoms with Gasteiger partial charge >= 0.3 is 0 Å². The maximum absolute atomic E-state index is 11.1. The summed E-state index contributed by atoms with van der Waals surface area (Å²) in [6.45, 7) is 4.59. The van der Waals surface area contributed by atoms with Gasteiger partial charge in [-0.2, -0.15) is 5.10 Å². The molecular weight excluding hydrogens is 409 g/mol. The number of fused-ring (bicyclic) bond motifs is 1. The summed E-state index contributed by atoms with van der Waals surface area (Å²) in [7, 11) is 1.89. The van der Waals surface area contributed by atoms with E-state index in [1.807, 2.05) is 43.9 Å². The minimum atomic E-state index is 0.103. The molecule has 1 aromatic carbocycles. The Morgan fingerprint density at radius 3 is 2.55 bits per heavy atom. The molecule has 4 aromatic rings. The van der Waals surface area contributed by atoms with Crippen molar-refractivity contribution in [2.24, 2.45) is 12.8 Å². The Hall–Kier alpha value is -2.54. The molecule has 8 heteroatoms. The molecular formula is C21H21Cl2N5O. The molecule has 150 valence electrons. The second kappa shape index (κ2) is 7.37. The van der Waals surface area contributed by atoms with Crippen LogP contribution in [0.2, 0.25) is 10.0 Å². The van der Waals surface area contributed by atoms with Crippen molar-refractivity contribution < 1.29 is 5.11 Å². The monoisotopic (exact) mass is 429 g/mol. The average molecular weight is 430 g/mol. The van der Waals surface area contributed by atoms with Crippen LogP contribution < -0.4 is 5.73 Å². The maximum atomic E-state index is 11.1. The van der Waals surface area contributed by atoms with Crippen molar-refractivity contribution in [3.63, 3.8) is 0 Å². The van der Waals surface area contributed by atoms with Gasteiger partial charge in [-0.3, -0.25) is 9.67 Å². The average Bonchev–Trinajstić information content (AvgIpc) is 3.13. The fourth-order valence-electron chi connectivity index (χ4n) is 3.68. The summed E-state index contributed by atoms with van der Waals surface area (Å²) in [5, 5.41) is 17.2. The van der Waals surface area contributed by atoms with Gasteiger partial charge in [0, 0.05) is 52.3 Å². The number of aromatic nitrogens is 4. The predicted molar refractivity (Wildman–Crippen MR) is 117 cm³/mol. The van der Waals surface area contributed by atoms with E-state index in [1.165, 1.54) is 0 Å². The fourth-order valence-corrected chi connectivity index (χ4v) is 4.19. The Morgan fingerprint density at radius 1 is 1.17 bits per heavy atom. The molecule has 0 bridgehead atoms. The maximum Gasteiger partial charge on any atom is 0.201 e. The van der Waals surface area contributed by atoms with E-state index < -0.39 is 0 Å². The van der Waals surface area contributed by atoms with Crippen molar-refractivity contribution in [3.05, 3.63) is 63.2 Å². The van der Waals surface area contributed by atoms with Crippen molar-refractivity contribution in [2.45, 2.75) is 26.9 Å². The number of pyridine rings is 1. The third kappa shape index (κ3) is 3.37. The zero-order valence-corrected chi connectivity index (χ0v) is 17.9. The highest BCUT2D eigenvalue weighted by molar-refractivity contribution is 6.36. The lowest BCUT2D eigenvalue weighted by Crippen LogP contribution is -2.04. The number of nitrogens with two attached hydrogens (primary N) is 1. The van der Waals surface area contributed by atoms with E-state index in [0.29, 0.717) is 27.5 Å². The lowest BCUT2D eigenvalue weighted by atomic mass is 9.95. The van der Waals surface area contributed by atoms with E-state index in [0.717, 1.165) is 33.8 Å². The van der Waals surface area contributed by atoms with Crippen LogP contribution >= 0.6 is 23.2 Å². The van der Waals surface area contributed by atoms with Crippen LogP contribution in [0.15, 0.2) is 30.5 Å². The summed E-state index contributed by atoms with van der Waals surface area (Å²) in [6.07, 6.45) is 1.83. The van der Waals surface area contributed by atoms with Crippen molar-refractivity contribution >= 4 is 34.1 Å². The largest absolute Gasteiger partial charge is 0.494 e. The molecule has 0 unspecified atom stereocenters. The number of halogens is 2. The molecule has 0 aliphatic heterocycles. The Balaban J connectivity index is 1.97. The minimum absolute atomic E-state index is 0.103. The number of nitrogens with zero attached hydrogens (tertiary/aromatic N) is 4. The topological polar surface area (TPSA) is 81.9 Å². The van der Waals surface area contributed by atoms with E-state index in [-0.39, 0.29) is 12.4 Å². The molecule has 29 heavy (non-hydrogen) atoms. The van der Waals surface area contributed by atoms with Gasteiger partial charge in [0.1, 0.15) is 0 Å². The minimum Gasteiger partial charge on any atom is -0.494 e. The Kier molecular flexibility index (Phi) is 5.02. The van der Waals surface area contributed by atoms with Gasteiger partial charge in [-0.25, -0.2) is 0 Å². The SMILES string of the molecule is Cc1nc2cn(Cc3cc(C)n(C)n3)c(O)c2c(-c2ccc(Cl)cc2Cl)c1CN. The summed E-state index contributed by atoms with van der Waals surface area (Å²) < 4.78 is 3.55. The van der Waals surface area contributed by atoms with Crippen LogP contribution in [0.3, 0.4) is 0 Å².